The zero-order chi connectivity index (χ0) is 9.42. The van der Waals surface area contributed by atoms with Gasteiger partial charge in [0, 0.05) is 17.6 Å². The number of nitrogen functional groups attached to an aromatic ring is 1. The number of aryl methyl sites for hydroxylation is 2. The van der Waals surface area contributed by atoms with Crippen LogP contribution in [0, 0.1) is 6.92 Å². The van der Waals surface area contributed by atoms with Crippen molar-refractivity contribution in [2.24, 2.45) is 0 Å². The molecular formula is C10H13N3. The maximum Gasteiger partial charge on any atom is 0.0705 e. The van der Waals surface area contributed by atoms with E-state index in [0.717, 1.165) is 17.7 Å². The molecule has 0 amide bonds. The number of hydrogen-bond acceptors (Lipinski definition) is 2. The summed E-state index contributed by atoms with van der Waals surface area (Å²) in [6.45, 7) is 5.01. The highest BCUT2D eigenvalue weighted by atomic mass is 15.3. The standard InChI is InChI=1S/C10H13N3/c1-3-13-10-5-8(11)4-7(2)9(10)6-12-13/h4-6H,3,11H2,1-2H3. The van der Waals surface area contributed by atoms with Crippen molar-refractivity contribution in [2.75, 3.05) is 5.73 Å². The van der Waals surface area contributed by atoms with Gasteiger partial charge in [-0.15, -0.1) is 0 Å². The lowest BCUT2D eigenvalue weighted by molar-refractivity contribution is 0.684. The van der Waals surface area contributed by atoms with E-state index in [0.29, 0.717) is 0 Å². The molecule has 0 radical (unpaired) electrons. The molecule has 0 saturated carbocycles. The first kappa shape index (κ1) is 8.10. The monoisotopic (exact) mass is 175 g/mol. The molecule has 0 saturated heterocycles. The Kier molecular flexibility index (Phi) is 1.72. The molecule has 1 aromatic carbocycles. The topological polar surface area (TPSA) is 43.8 Å². The van der Waals surface area contributed by atoms with Crippen molar-refractivity contribution in [1.82, 2.24) is 9.78 Å². The molecule has 1 aromatic heterocycles. The highest BCUT2D eigenvalue weighted by molar-refractivity contribution is 5.85. The molecule has 3 heteroatoms. The second-order valence-corrected chi connectivity index (χ2v) is 3.23. The van der Waals surface area contributed by atoms with Crippen LogP contribution >= 0.6 is 0 Å². The van der Waals surface area contributed by atoms with Crippen molar-refractivity contribution in [3.8, 4) is 0 Å². The van der Waals surface area contributed by atoms with Crippen molar-refractivity contribution in [1.29, 1.82) is 0 Å². The Balaban J connectivity index is 2.82. The van der Waals surface area contributed by atoms with Gasteiger partial charge < -0.3 is 5.73 Å². The van der Waals surface area contributed by atoms with Crippen LogP contribution in [0.5, 0.6) is 0 Å². The molecule has 2 rings (SSSR count). The minimum absolute atomic E-state index is 0.806. The van der Waals surface area contributed by atoms with Crippen LogP contribution in [0.1, 0.15) is 12.5 Å². The summed E-state index contributed by atoms with van der Waals surface area (Å²) in [6, 6.07) is 3.95. The van der Waals surface area contributed by atoms with Gasteiger partial charge in [-0.3, -0.25) is 4.68 Å². The molecule has 0 aliphatic rings. The van der Waals surface area contributed by atoms with Gasteiger partial charge in [-0.25, -0.2) is 0 Å². The highest BCUT2D eigenvalue weighted by Gasteiger charge is 2.04. The average molecular weight is 175 g/mol. The number of anilines is 1. The predicted octanol–water partition coefficient (Wildman–Crippen LogP) is 1.95. The number of benzene rings is 1. The fourth-order valence-corrected chi connectivity index (χ4v) is 1.63. The number of rotatable bonds is 1. The van der Waals surface area contributed by atoms with Gasteiger partial charge in [-0.1, -0.05) is 0 Å². The summed E-state index contributed by atoms with van der Waals surface area (Å²) in [5, 5.41) is 5.47. The highest BCUT2D eigenvalue weighted by Crippen LogP contribution is 2.21. The maximum atomic E-state index is 5.77. The number of nitrogens with zero attached hydrogens (tertiary/aromatic N) is 2. The normalized spacial score (nSPS) is 10.9. The Morgan fingerprint density at radius 1 is 1.46 bits per heavy atom. The maximum absolute atomic E-state index is 5.77. The zero-order valence-corrected chi connectivity index (χ0v) is 7.91. The van der Waals surface area contributed by atoms with Crippen LogP contribution in [0.25, 0.3) is 10.9 Å². The molecule has 0 unspecified atom stereocenters. The second-order valence-electron chi connectivity index (χ2n) is 3.23. The lowest BCUT2D eigenvalue weighted by Gasteiger charge is -2.01. The van der Waals surface area contributed by atoms with E-state index in [1.165, 1.54) is 10.9 Å². The summed E-state index contributed by atoms with van der Waals surface area (Å²) in [4.78, 5) is 0. The zero-order valence-electron chi connectivity index (χ0n) is 7.91. The molecule has 3 nitrogen and oxygen atoms in total. The van der Waals surface area contributed by atoms with Crippen LogP contribution in [0.4, 0.5) is 5.69 Å². The van der Waals surface area contributed by atoms with Gasteiger partial charge in [0.05, 0.1) is 11.7 Å². The summed E-state index contributed by atoms with van der Waals surface area (Å²) in [5.74, 6) is 0. The van der Waals surface area contributed by atoms with Gasteiger partial charge in [-0.05, 0) is 31.5 Å². The molecule has 0 aliphatic carbocycles. The van der Waals surface area contributed by atoms with E-state index in [4.69, 9.17) is 5.73 Å². The van der Waals surface area contributed by atoms with Gasteiger partial charge in [0.1, 0.15) is 0 Å². The third-order valence-electron chi connectivity index (χ3n) is 2.29. The number of fused-ring (bicyclic) bond motifs is 1. The van der Waals surface area contributed by atoms with Crippen LogP contribution in [0.2, 0.25) is 0 Å². The predicted molar refractivity (Wildman–Crippen MR) is 54.6 cm³/mol. The molecule has 0 aliphatic heterocycles. The second kappa shape index (κ2) is 2.76. The fourth-order valence-electron chi connectivity index (χ4n) is 1.63. The van der Waals surface area contributed by atoms with E-state index in [1.807, 2.05) is 23.0 Å². The molecule has 2 N–H and O–H groups in total. The minimum atomic E-state index is 0.806. The SMILES string of the molecule is CCn1ncc2c(C)cc(N)cc21. The minimum Gasteiger partial charge on any atom is -0.399 e. The van der Waals surface area contributed by atoms with Crippen molar-refractivity contribution in [2.45, 2.75) is 20.4 Å². The van der Waals surface area contributed by atoms with E-state index in [-0.39, 0.29) is 0 Å². The average Bonchev–Trinajstić information content (AvgIpc) is 2.47. The Bertz CT molecular complexity index is 443. The molecule has 13 heavy (non-hydrogen) atoms. The largest absolute Gasteiger partial charge is 0.399 e. The molecule has 68 valence electrons. The van der Waals surface area contributed by atoms with Crippen LogP contribution < -0.4 is 5.73 Å². The molecule has 0 fully saturated rings. The summed E-state index contributed by atoms with van der Waals surface area (Å²) in [7, 11) is 0. The molecule has 1 heterocycles. The van der Waals surface area contributed by atoms with Crippen LogP contribution in [0.3, 0.4) is 0 Å². The lowest BCUT2D eigenvalue weighted by Crippen LogP contribution is -1.96. The van der Waals surface area contributed by atoms with Crippen LogP contribution in [0.15, 0.2) is 18.3 Å². The fraction of sp³-hybridized carbons (Fsp3) is 0.300. The Labute approximate surface area is 77.2 Å². The third-order valence-corrected chi connectivity index (χ3v) is 2.29. The van der Waals surface area contributed by atoms with Crippen molar-refractivity contribution in [3.05, 3.63) is 23.9 Å². The third kappa shape index (κ3) is 1.16. The van der Waals surface area contributed by atoms with Crippen LogP contribution in [-0.4, -0.2) is 9.78 Å². The smallest absolute Gasteiger partial charge is 0.0705 e. The number of nitrogens with two attached hydrogens (primary N) is 1. The number of aromatic nitrogens is 2. The lowest BCUT2D eigenvalue weighted by atomic mass is 10.1. The molecular weight excluding hydrogens is 162 g/mol. The van der Waals surface area contributed by atoms with Crippen molar-refractivity contribution < 1.29 is 0 Å². The summed E-state index contributed by atoms with van der Waals surface area (Å²) in [6.07, 6.45) is 1.90. The first-order valence-electron chi connectivity index (χ1n) is 4.44. The van der Waals surface area contributed by atoms with E-state index in [2.05, 4.69) is 18.9 Å². The van der Waals surface area contributed by atoms with Crippen molar-refractivity contribution in [3.63, 3.8) is 0 Å². The van der Waals surface area contributed by atoms with E-state index < -0.39 is 0 Å². The summed E-state index contributed by atoms with van der Waals surface area (Å²) < 4.78 is 1.96. The first-order valence-corrected chi connectivity index (χ1v) is 4.44. The van der Waals surface area contributed by atoms with Gasteiger partial charge >= 0.3 is 0 Å². The van der Waals surface area contributed by atoms with Gasteiger partial charge in [0.25, 0.3) is 0 Å². The Morgan fingerprint density at radius 2 is 2.23 bits per heavy atom. The van der Waals surface area contributed by atoms with Gasteiger partial charge in [0.15, 0.2) is 0 Å². The Morgan fingerprint density at radius 3 is 2.92 bits per heavy atom. The first-order chi connectivity index (χ1) is 6.22. The quantitative estimate of drug-likeness (QED) is 0.673. The summed E-state index contributed by atoms with van der Waals surface area (Å²) in [5.41, 5.74) is 8.89. The molecule has 0 atom stereocenters. The van der Waals surface area contributed by atoms with E-state index in [9.17, 15) is 0 Å². The van der Waals surface area contributed by atoms with E-state index >= 15 is 0 Å². The Hall–Kier alpha value is -1.51. The van der Waals surface area contributed by atoms with E-state index in [1.54, 1.807) is 0 Å². The van der Waals surface area contributed by atoms with Crippen LogP contribution in [-0.2, 0) is 6.54 Å². The molecule has 2 aromatic rings. The van der Waals surface area contributed by atoms with Gasteiger partial charge in [0.2, 0.25) is 0 Å². The number of hydrogen-bond donors (Lipinski definition) is 1. The molecule has 0 spiro atoms. The summed E-state index contributed by atoms with van der Waals surface area (Å²) >= 11 is 0. The van der Waals surface area contributed by atoms with Gasteiger partial charge in [-0.2, -0.15) is 5.10 Å². The molecule has 0 bridgehead atoms. The van der Waals surface area contributed by atoms with Crippen molar-refractivity contribution >= 4 is 16.6 Å².